The third-order valence-corrected chi connectivity index (χ3v) is 6.16. The fourth-order valence-corrected chi connectivity index (χ4v) is 4.18. The number of morpholine rings is 1. The molecule has 37 heavy (non-hydrogen) atoms. The van der Waals surface area contributed by atoms with Crippen molar-refractivity contribution in [3.05, 3.63) is 94.9 Å². The number of rotatable bonds is 6. The van der Waals surface area contributed by atoms with E-state index >= 15 is 0 Å². The topological polar surface area (TPSA) is 103 Å². The molecule has 188 valence electrons. The van der Waals surface area contributed by atoms with Crippen LogP contribution in [0.5, 0.6) is 0 Å². The molecule has 1 aliphatic rings. The lowest BCUT2D eigenvalue weighted by atomic mass is 10.1. The zero-order valence-electron chi connectivity index (χ0n) is 20.3. The van der Waals surface area contributed by atoms with Gasteiger partial charge in [-0.25, -0.2) is 4.79 Å². The predicted molar refractivity (Wildman–Crippen MR) is 140 cm³/mol. The van der Waals surface area contributed by atoms with Crippen molar-refractivity contribution in [3.8, 4) is 5.69 Å². The van der Waals surface area contributed by atoms with Crippen molar-refractivity contribution < 1.29 is 19.1 Å². The summed E-state index contributed by atoms with van der Waals surface area (Å²) >= 11 is 0. The summed E-state index contributed by atoms with van der Waals surface area (Å²) in [7, 11) is 0. The van der Waals surface area contributed by atoms with Crippen molar-refractivity contribution in [2.24, 2.45) is 0 Å². The fraction of sp³-hybridized carbons (Fsp3) is 0.214. The van der Waals surface area contributed by atoms with Gasteiger partial charge in [0.25, 0.3) is 11.5 Å². The zero-order valence-corrected chi connectivity index (χ0v) is 20.3. The van der Waals surface area contributed by atoms with Crippen LogP contribution in [-0.2, 0) is 14.3 Å². The maximum absolute atomic E-state index is 13.1. The van der Waals surface area contributed by atoms with Crippen molar-refractivity contribution >= 4 is 34.0 Å². The summed E-state index contributed by atoms with van der Waals surface area (Å²) in [6, 6.07) is 23.0. The summed E-state index contributed by atoms with van der Waals surface area (Å²) in [4.78, 5) is 41.2. The van der Waals surface area contributed by atoms with Crippen molar-refractivity contribution in [2.75, 3.05) is 36.5 Å². The van der Waals surface area contributed by atoms with Gasteiger partial charge in [-0.15, -0.1) is 0 Å². The van der Waals surface area contributed by atoms with Crippen LogP contribution in [0.1, 0.15) is 17.4 Å². The molecule has 1 aromatic heterocycles. The molecule has 2 heterocycles. The molecule has 1 fully saturated rings. The van der Waals surface area contributed by atoms with E-state index in [1.165, 1.54) is 11.6 Å². The van der Waals surface area contributed by atoms with Crippen LogP contribution in [0.2, 0.25) is 0 Å². The van der Waals surface area contributed by atoms with Gasteiger partial charge in [0.1, 0.15) is 0 Å². The highest BCUT2D eigenvalue weighted by Gasteiger charge is 2.24. The van der Waals surface area contributed by atoms with Gasteiger partial charge >= 0.3 is 5.97 Å². The first-order valence-electron chi connectivity index (χ1n) is 12.0. The van der Waals surface area contributed by atoms with Gasteiger partial charge in [-0.05, 0) is 49.4 Å². The number of nitrogens with zero attached hydrogens (tertiary/aromatic N) is 3. The summed E-state index contributed by atoms with van der Waals surface area (Å²) in [6.45, 7) is 4.51. The second-order valence-electron chi connectivity index (χ2n) is 8.63. The first-order valence-corrected chi connectivity index (χ1v) is 12.0. The van der Waals surface area contributed by atoms with Crippen LogP contribution in [0.15, 0.2) is 83.7 Å². The number of hydrogen-bond donors (Lipinski definition) is 1. The zero-order chi connectivity index (χ0) is 25.8. The average Bonchev–Trinajstić information content (AvgIpc) is 2.94. The number of ether oxygens (including phenoxy) is 2. The molecule has 0 bridgehead atoms. The molecule has 1 aliphatic heterocycles. The Morgan fingerprint density at radius 1 is 0.892 bits per heavy atom. The van der Waals surface area contributed by atoms with E-state index in [0.29, 0.717) is 35.4 Å². The van der Waals surface area contributed by atoms with E-state index in [0.717, 1.165) is 18.8 Å². The Morgan fingerprint density at radius 2 is 1.54 bits per heavy atom. The molecule has 0 radical (unpaired) electrons. The number of amides is 1. The average molecular weight is 499 g/mol. The molecular formula is C28H26N4O5. The molecule has 1 unspecified atom stereocenters. The van der Waals surface area contributed by atoms with Crippen LogP contribution in [0, 0.1) is 0 Å². The number of carbonyl (C=O) groups excluding carboxylic acids is 2. The predicted octanol–water partition coefficient (Wildman–Crippen LogP) is 3.41. The molecule has 3 aromatic carbocycles. The summed E-state index contributed by atoms with van der Waals surface area (Å²) < 4.78 is 12.0. The van der Waals surface area contributed by atoms with Crippen molar-refractivity contribution in [1.29, 1.82) is 0 Å². The molecule has 1 saturated heterocycles. The smallest absolute Gasteiger partial charge is 0.360 e. The highest BCUT2D eigenvalue weighted by atomic mass is 16.5. The fourth-order valence-electron chi connectivity index (χ4n) is 4.18. The summed E-state index contributed by atoms with van der Waals surface area (Å²) in [6.07, 6.45) is -1.09. The van der Waals surface area contributed by atoms with E-state index in [2.05, 4.69) is 15.3 Å². The molecule has 5 rings (SSSR count). The molecule has 1 N–H and O–H groups in total. The number of anilines is 2. The van der Waals surface area contributed by atoms with Gasteiger partial charge in [-0.1, -0.05) is 36.4 Å². The molecule has 0 saturated carbocycles. The quantitative estimate of drug-likeness (QED) is 0.407. The standard InChI is InChI=1S/C28H26N4O5/c1-19(26(33)29-20-11-13-21(14-12-20)31-15-17-36-18-16-31)37-28(35)25-23-9-5-6-10-24(23)27(34)32(30-25)22-7-3-2-4-8-22/h2-14,19H,15-18H2,1H3,(H,29,33). The van der Waals surface area contributed by atoms with Gasteiger partial charge in [0.05, 0.1) is 24.3 Å². The second kappa shape index (κ2) is 10.6. The van der Waals surface area contributed by atoms with E-state index in [1.807, 2.05) is 30.3 Å². The van der Waals surface area contributed by atoms with Gasteiger partial charge < -0.3 is 19.7 Å². The van der Waals surface area contributed by atoms with E-state index in [-0.39, 0.29) is 11.3 Å². The minimum atomic E-state index is -1.09. The van der Waals surface area contributed by atoms with Gasteiger partial charge in [0.15, 0.2) is 11.8 Å². The van der Waals surface area contributed by atoms with Crippen molar-refractivity contribution in [2.45, 2.75) is 13.0 Å². The Hall–Kier alpha value is -4.50. The Morgan fingerprint density at radius 3 is 2.24 bits per heavy atom. The maximum atomic E-state index is 13.1. The van der Waals surface area contributed by atoms with Crippen LogP contribution in [-0.4, -0.2) is 54.1 Å². The lowest BCUT2D eigenvalue weighted by molar-refractivity contribution is -0.123. The molecular weight excluding hydrogens is 472 g/mol. The number of fused-ring (bicyclic) bond motifs is 1. The van der Waals surface area contributed by atoms with Crippen LogP contribution >= 0.6 is 0 Å². The third kappa shape index (κ3) is 5.22. The minimum absolute atomic E-state index is 0.0476. The molecule has 1 amide bonds. The first kappa shape index (κ1) is 24.2. The van der Waals surface area contributed by atoms with Gasteiger partial charge in [-0.3, -0.25) is 9.59 Å². The van der Waals surface area contributed by atoms with E-state index in [1.54, 1.807) is 48.5 Å². The maximum Gasteiger partial charge on any atom is 0.360 e. The van der Waals surface area contributed by atoms with E-state index < -0.39 is 18.0 Å². The van der Waals surface area contributed by atoms with Crippen LogP contribution < -0.4 is 15.8 Å². The second-order valence-corrected chi connectivity index (χ2v) is 8.63. The number of benzene rings is 3. The largest absolute Gasteiger partial charge is 0.448 e. The molecule has 4 aromatic rings. The lowest BCUT2D eigenvalue weighted by Crippen LogP contribution is -2.36. The Bertz CT molecular complexity index is 1480. The van der Waals surface area contributed by atoms with Gasteiger partial charge in [0.2, 0.25) is 0 Å². The summed E-state index contributed by atoms with van der Waals surface area (Å²) in [5.41, 5.74) is 1.75. The van der Waals surface area contributed by atoms with Gasteiger partial charge in [-0.2, -0.15) is 9.78 Å². The lowest BCUT2D eigenvalue weighted by Gasteiger charge is -2.28. The molecule has 9 nitrogen and oxygen atoms in total. The summed E-state index contributed by atoms with van der Waals surface area (Å²) in [5, 5.41) is 7.76. The summed E-state index contributed by atoms with van der Waals surface area (Å²) in [5.74, 6) is -1.28. The number of carbonyl (C=O) groups is 2. The Balaban J connectivity index is 1.33. The third-order valence-electron chi connectivity index (χ3n) is 6.16. The SMILES string of the molecule is CC(OC(=O)c1nn(-c2ccccc2)c(=O)c2ccccc12)C(=O)Nc1ccc(N2CCOCC2)cc1. The first-order chi connectivity index (χ1) is 18.0. The molecule has 0 spiro atoms. The highest BCUT2D eigenvalue weighted by molar-refractivity contribution is 6.03. The minimum Gasteiger partial charge on any atom is -0.448 e. The molecule has 1 atom stereocenters. The molecule has 0 aliphatic carbocycles. The number of para-hydroxylation sites is 1. The monoisotopic (exact) mass is 498 g/mol. The van der Waals surface area contributed by atoms with Crippen LogP contribution in [0.3, 0.4) is 0 Å². The number of nitrogens with one attached hydrogen (secondary N) is 1. The Labute approximate surface area is 213 Å². The van der Waals surface area contributed by atoms with Gasteiger partial charge in [0, 0.05) is 29.9 Å². The van der Waals surface area contributed by atoms with Crippen LogP contribution in [0.4, 0.5) is 11.4 Å². The Kier molecular flexibility index (Phi) is 6.96. The van der Waals surface area contributed by atoms with Crippen LogP contribution in [0.25, 0.3) is 16.5 Å². The van der Waals surface area contributed by atoms with E-state index in [9.17, 15) is 14.4 Å². The normalized spacial score (nSPS) is 14.2. The highest BCUT2D eigenvalue weighted by Crippen LogP contribution is 2.20. The number of esters is 1. The van der Waals surface area contributed by atoms with Crippen molar-refractivity contribution in [1.82, 2.24) is 9.78 Å². The molecule has 9 heteroatoms. The van der Waals surface area contributed by atoms with E-state index in [4.69, 9.17) is 9.47 Å². The number of aromatic nitrogens is 2. The number of hydrogen-bond acceptors (Lipinski definition) is 7. The van der Waals surface area contributed by atoms with Crippen molar-refractivity contribution in [3.63, 3.8) is 0 Å².